The van der Waals surface area contributed by atoms with Crippen LogP contribution in [0.3, 0.4) is 0 Å². The van der Waals surface area contributed by atoms with Gasteiger partial charge >= 0.3 is 12.3 Å². The molecule has 0 fully saturated rings. The first-order chi connectivity index (χ1) is 7.95. The van der Waals surface area contributed by atoms with E-state index in [9.17, 15) is 18.0 Å². The standard InChI is InChI=1S/C10H11F3N2O2/c1-17-9(16)15-14-8(10(11,12)13)7-5-3-2-4-6-7/h2-6,8,14H,1H3,(H,15,16). The number of alkyl halides is 3. The molecule has 7 heteroatoms. The van der Waals surface area contributed by atoms with Gasteiger partial charge in [0.2, 0.25) is 0 Å². The van der Waals surface area contributed by atoms with Gasteiger partial charge in [-0.3, -0.25) is 5.43 Å². The summed E-state index contributed by atoms with van der Waals surface area (Å²) in [6, 6.07) is 5.20. The van der Waals surface area contributed by atoms with E-state index in [1.54, 1.807) is 11.5 Å². The van der Waals surface area contributed by atoms with E-state index in [0.29, 0.717) is 0 Å². The number of carbonyl (C=O) groups is 1. The Bertz CT molecular complexity index is 368. The number of ether oxygens (including phenoxy) is 1. The largest absolute Gasteiger partial charge is 0.452 e. The quantitative estimate of drug-likeness (QED) is 0.806. The van der Waals surface area contributed by atoms with Gasteiger partial charge in [0.25, 0.3) is 0 Å². The van der Waals surface area contributed by atoms with Crippen molar-refractivity contribution in [2.75, 3.05) is 7.11 Å². The number of amides is 1. The van der Waals surface area contributed by atoms with Crippen molar-refractivity contribution >= 4 is 6.09 Å². The maximum absolute atomic E-state index is 12.7. The Balaban J connectivity index is 2.79. The van der Waals surface area contributed by atoms with Crippen LogP contribution in [-0.2, 0) is 4.74 Å². The number of halogens is 3. The predicted octanol–water partition coefficient (Wildman–Crippen LogP) is 2.15. The predicted molar refractivity (Wildman–Crippen MR) is 53.9 cm³/mol. The number of methoxy groups -OCH3 is 1. The summed E-state index contributed by atoms with van der Waals surface area (Å²) in [7, 11) is 1.06. The molecular formula is C10H11F3N2O2. The fourth-order valence-electron chi connectivity index (χ4n) is 1.18. The van der Waals surface area contributed by atoms with E-state index in [0.717, 1.165) is 7.11 Å². The van der Waals surface area contributed by atoms with Crippen molar-refractivity contribution in [2.24, 2.45) is 0 Å². The SMILES string of the molecule is COC(=O)NNC(c1ccccc1)C(F)(F)F. The van der Waals surface area contributed by atoms with E-state index < -0.39 is 18.3 Å². The van der Waals surface area contributed by atoms with Gasteiger partial charge in [0, 0.05) is 0 Å². The fourth-order valence-corrected chi connectivity index (χ4v) is 1.18. The highest BCUT2D eigenvalue weighted by atomic mass is 19.4. The molecule has 17 heavy (non-hydrogen) atoms. The Labute approximate surface area is 95.7 Å². The lowest BCUT2D eigenvalue weighted by molar-refractivity contribution is -0.159. The molecule has 0 saturated carbocycles. The van der Waals surface area contributed by atoms with Crippen molar-refractivity contribution in [3.8, 4) is 0 Å². The highest BCUT2D eigenvalue weighted by Gasteiger charge is 2.41. The molecule has 0 aromatic heterocycles. The van der Waals surface area contributed by atoms with E-state index in [4.69, 9.17) is 0 Å². The lowest BCUT2D eigenvalue weighted by Crippen LogP contribution is -2.45. The molecule has 0 heterocycles. The molecule has 94 valence electrons. The summed E-state index contributed by atoms with van der Waals surface area (Å²) in [4.78, 5) is 10.7. The van der Waals surface area contributed by atoms with Crippen LogP contribution in [0, 0.1) is 0 Å². The second kappa shape index (κ2) is 5.53. The van der Waals surface area contributed by atoms with Crippen molar-refractivity contribution < 1.29 is 22.7 Å². The number of hydrogen-bond donors (Lipinski definition) is 2. The number of rotatable bonds is 3. The lowest BCUT2D eigenvalue weighted by atomic mass is 10.1. The molecule has 0 aliphatic carbocycles. The van der Waals surface area contributed by atoms with Crippen molar-refractivity contribution in [1.29, 1.82) is 0 Å². The molecule has 1 atom stereocenters. The summed E-state index contributed by atoms with van der Waals surface area (Å²) in [5, 5.41) is 0. The number of hydrogen-bond acceptors (Lipinski definition) is 3. The minimum atomic E-state index is -4.53. The third-order valence-corrected chi connectivity index (χ3v) is 1.96. The molecule has 1 rings (SSSR count). The first kappa shape index (κ1) is 13.3. The lowest BCUT2D eigenvalue weighted by Gasteiger charge is -2.21. The van der Waals surface area contributed by atoms with Crippen LogP contribution in [0.1, 0.15) is 11.6 Å². The third-order valence-electron chi connectivity index (χ3n) is 1.96. The molecule has 2 N–H and O–H groups in total. The van der Waals surface area contributed by atoms with Gasteiger partial charge < -0.3 is 4.74 Å². The van der Waals surface area contributed by atoms with Gasteiger partial charge in [-0.15, -0.1) is 0 Å². The zero-order chi connectivity index (χ0) is 12.9. The molecule has 1 aromatic rings. The van der Waals surface area contributed by atoms with Gasteiger partial charge in [-0.05, 0) is 5.56 Å². The summed E-state index contributed by atoms with van der Waals surface area (Å²) in [5.74, 6) is 0. The van der Waals surface area contributed by atoms with Crippen LogP contribution >= 0.6 is 0 Å². The van der Waals surface area contributed by atoms with Crippen LogP contribution in [-0.4, -0.2) is 19.4 Å². The Morgan fingerprint density at radius 1 is 1.29 bits per heavy atom. The van der Waals surface area contributed by atoms with Crippen molar-refractivity contribution in [3.63, 3.8) is 0 Å². The van der Waals surface area contributed by atoms with Crippen molar-refractivity contribution in [1.82, 2.24) is 10.9 Å². The molecule has 0 aliphatic rings. The van der Waals surface area contributed by atoms with Gasteiger partial charge in [0.1, 0.15) is 6.04 Å². The van der Waals surface area contributed by atoms with Gasteiger partial charge in [0.15, 0.2) is 0 Å². The van der Waals surface area contributed by atoms with Crippen LogP contribution in [0.4, 0.5) is 18.0 Å². The average molecular weight is 248 g/mol. The summed E-state index contributed by atoms with van der Waals surface area (Å²) < 4.78 is 42.3. The summed E-state index contributed by atoms with van der Waals surface area (Å²) >= 11 is 0. The molecule has 4 nitrogen and oxygen atoms in total. The fraction of sp³-hybridized carbons (Fsp3) is 0.300. The molecular weight excluding hydrogens is 237 g/mol. The van der Waals surface area contributed by atoms with Crippen LogP contribution in [0.5, 0.6) is 0 Å². The average Bonchev–Trinajstić information content (AvgIpc) is 2.28. The number of nitrogens with one attached hydrogen (secondary N) is 2. The van der Waals surface area contributed by atoms with E-state index in [-0.39, 0.29) is 5.56 Å². The Hall–Kier alpha value is -1.76. The van der Waals surface area contributed by atoms with E-state index in [1.165, 1.54) is 24.3 Å². The molecule has 1 aromatic carbocycles. The topological polar surface area (TPSA) is 50.4 Å². The molecule has 0 saturated heterocycles. The van der Waals surface area contributed by atoms with E-state index in [2.05, 4.69) is 4.74 Å². The smallest absolute Gasteiger partial charge is 0.421 e. The summed E-state index contributed by atoms with van der Waals surface area (Å²) in [5.41, 5.74) is 3.68. The summed E-state index contributed by atoms with van der Waals surface area (Å²) in [6.07, 6.45) is -5.52. The zero-order valence-electron chi connectivity index (χ0n) is 8.91. The van der Waals surface area contributed by atoms with Crippen LogP contribution < -0.4 is 10.9 Å². The van der Waals surface area contributed by atoms with Crippen molar-refractivity contribution in [2.45, 2.75) is 12.2 Å². The Kier molecular flexibility index (Phi) is 4.33. The highest BCUT2D eigenvalue weighted by Crippen LogP contribution is 2.31. The molecule has 0 radical (unpaired) electrons. The number of carbonyl (C=O) groups excluding carboxylic acids is 1. The molecule has 1 amide bonds. The van der Waals surface area contributed by atoms with Crippen LogP contribution in [0.2, 0.25) is 0 Å². The first-order valence-corrected chi connectivity index (χ1v) is 4.66. The molecule has 0 spiro atoms. The van der Waals surface area contributed by atoms with Gasteiger partial charge in [-0.2, -0.15) is 13.2 Å². The minimum Gasteiger partial charge on any atom is -0.452 e. The molecule has 0 bridgehead atoms. The van der Waals surface area contributed by atoms with Crippen molar-refractivity contribution in [3.05, 3.63) is 35.9 Å². The monoisotopic (exact) mass is 248 g/mol. The van der Waals surface area contributed by atoms with Crippen LogP contribution in [0.15, 0.2) is 30.3 Å². The van der Waals surface area contributed by atoms with Gasteiger partial charge in [0.05, 0.1) is 7.11 Å². The Morgan fingerprint density at radius 2 is 1.88 bits per heavy atom. The third kappa shape index (κ3) is 3.95. The molecule has 0 aliphatic heterocycles. The highest BCUT2D eigenvalue weighted by molar-refractivity contribution is 5.66. The molecule has 1 unspecified atom stereocenters. The summed E-state index contributed by atoms with van der Waals surface area (Å²) in [6.45, 7) is 0. The second-order valence-corrected chi connectivity index (χ2v) is 3.15. The second-order valence-electron chi connectivity index (χ2n) is 3.15. The Morgan fingerprint density at radius 3 is 2.35 bits per heavy atom. The van der Waals surface area contributed by atoms with Gasteiger partial charge in [-0.25, -0.2) is 10.2 Å². The normalized spacial score (nSPS) is 12.9. The zero-order valence-corrected chi connectivity index (χ0v) is 8.91. The first-order valence-electron chi connectivity index (χ1n) is 4.66. The van der Waals surface area contributed by atoms with Crippen LogP contribution in [0.25, 0.3) is 0 Å². The van der Waals surface area contributed by atoms with Gasteiger partial charge in [-0.1, -0.05) is 30.3 Å². The maximum atomic E-state index is 12.7. The minimum absolute atomic E-state index is 0.00333. The van der Waals surface area contributed by atoms with E-state index >= 15 is 0 Å². The number of hydrazine groups is 1. The maximum Gasteiger partial charge on any atom is 0.421 e. The van der Waals surface area contributed by atoms with E-state index in [1.807, 2.05) is 5.43 Å². The number of benzene rings is 1.